The van der Waals surface area contributed by atoms with Crippen LogP contribution in [0.5, 0.6) is 0 Å². The van der Waals surface area contributed by atoms with E-state index >= 15 is 0 Å². The van der Waals surface area contributed by atoms with Crippen LogP contribution in [0.2, 0.25) is 0 Å². The van der Waals surface area contributed by atoms with Gasteiger partial charge >= 0.3 is 0 Å². The largest absolute Gasteiger partial charge is 0.377 e. The number of nitrogens with two attached hydrogens (primary N) is 1. The van der Waals surface area contributed by atoms with E-state index in [0.29, 0.717) is 6.61 Å². The molecule has 0 saturated carbocycles. The summed E-state index contributed by atoms with van der Waals surface area (Å²) in [5.41, 5.74) is 9.83. The molecule has 0 aliphatic carbocycles. The van der Waals surface area contributed by atoms with E-state index in [9.17, 15) is 0 Å². The van der Waals surface area contributed by atoms with Gasteiger partial charge < -0.3 is 10.5 Å². The zero-order valence-corrected chi connectivity index (χ0v) is 10.1. The second-order valence-electron chi connectivity index (χ2n) is 4.29. The van der Waals surface area contributed by atoms with Crippen molar-refractivity contribution in [1.29, 1.82) is 0 Å². The lowest BCUT2D eigenvalue weighted by Gasteiger charge is -2.18. The fourth-order valence-electron chi connectivity index (χ4n) is 1.79. The lowest BCUT2D eigenvalue weighted by Crippen LogP contribution is -2.21. The predicted molar refractivity (Wildman–Crippen MR) is 63.9 cm³/mol. The Labute approximate surface area is 92.4 Å². The molecule has 2 heteroatoms. The summed E-state index contributed by atoms with van der Waals surface area (Å²) in [7, 11) is 0. The first-order valence-corrected chi connectivity index (χ1v) is 5.45. The lowest BCUT2D eigenvalue weighted by atomic mass is 9.97. The third kappa shape index (κ3) is 3.33. The van der Waals surface area contributed by atoms with Crippen LogP contribution in [0.15, 0.2) is 18.2 Å². The molecule has 0 bridgehead atoms. The molecular weight excluding hydrogens is 186 g/mol. The van der Waals surface area contributed by atoms with Crippen molar-refractivity contribution < 1.29 is 4.74 Å². The van der Waals surface area contributed by atoms with E-state index in [1.165, 1.54) is 16.7 Å². The Hall–Kier alpha value is -0.860. The SMILES string of the molecule is Cc1cccc(C)c1C(N)COC(C)C. The van der Waals surface area contributed by atoms with Gasteiger partial charge in [0.1, 0.15) is 0 Å². The summed E-state index contributed by atoms with van der Waals surface area (Å²) >= 11 is 0. The highest BCUT2D eigenvalue weighted by Crippen LogP contribution is 2.20. The number of ether oxygens (including phenoxy) is 1. The van der Waals surface area contributed by atoms with E-state index in [-0.39, 0.29) is 12.1 Å². The summed E-state index contributed by atoms with van der Waals surface area (Å²) in [6.07, 6.45) is 0.236. The average Bonchev–Trinajstić information content (AvgIpc) is 2.14. The van der Waals surface area contributed by atoms with Crippen LogP contribution in [0.1, 0.15) is 36.6 Å². The number of hydrogen-bond donors (Lipinski definition) is 1. The summed E-state index contributed by atoms with van der Waals surface area (Å²) in [5, 5.41) is 0. The Morgan fingerprint density at radius 1 is 1.20 bits per heavy atom. The summed E-state index contributed by atoms with van der Waals surface area (Å²) < 4.78 is 5.54. The van der Waals surface area contributed by atoms with Gasteiger partial charge in [-0.05, 0) is 44.4 Å². The van der Waals surface area contributed by atoms with E-state index in [0.717, 1.165) is 0 Å². The van der Waals surface area contributed by atoms with Gasteiger partial charge in [-0.25, -0.2) is 0 Å². The van der Waals surface area contributed by atoms with Gasteiger partial charge in [0.25, 0.3) is 0 Å². The molecule has 0 fully saturated rings. The molecule has 2 nitrogen and oxygen atoms in total. The number of rotatable bonds is 4. The molecule has 1 aromatic carbocycles. The maximum Gasteiger partial charge on any atom is 0.0663 e. The van der Waals surface area contributed by atoms with E-state index in [4.69, 9.17) is 10.5 Å². The minimum atomic E-state index is -0.0198. The maximum absolute atomic E-state index is 6.12. The molecule has 1 atom stereocenters. The second kappa shape index (κ2) is 5.29. The van der Waals surface area contributed by atoms with Gasteiger partial charge in [0.05, 0.1) is 18.8 Å². The van der Waals surface area contributed by atoms with Gasteiger partial charge in [-0.1, -0.05) is 18.2 Å². The van der Waals surface area contributed by atoms with Gasteiger partial charge in [-0.15, -0.1) is 0 Å². The van der Waals surface area contributed by atoms with Gasteiger partial charge in [0.15, 0.2) is 0 Å². The summed E-state index contributed by atoms with van der Waals surface area (Å²) in [4.78, 5) is 0. The first-order chi connectivity index (χ1) is 7.02. The van der Waals surface area contributed by atoms with Crippen LogP contribution >= 0.6 is 0 Å². The molecule has 0 aromatic heterocycles. The monoisotopic (exact) mass is 207 g/mol. The molecule has 0 aliphatic rings. The third-order valence-electron chi connectivity index (χ3n) is 2.52. The van der Waals surface area contributed by atoms with Gasteiger partial charge in [-0.3, -0.25) is 0 Å². The fraction of sp³-hybridized carbons (Fsp3) is 0.538. The van der Waals surface area contributed by atoms with Crippen molar-refractivity contribution in [3.05, 3.63) is 34.9 Å². The van der Waals surface area contributed by atoms with Crippen LogP contribution in [-0.2, 0) is 4.74 Å². The number of aryl methyl sites for hydroxylation is 2. The van der Waals surface area contributed by atoms with Crippen molar-refractivity contribution in [2.45, 2.75) is 39.8 Å². The molecular formula is C13H21NO. The van der Waals surface area contributed by atoms with E-state index in [2.05, 4.69) is 32.0 Å². The molecule has 1 rings (SSSR count). The maximum atomic E-state index is 6.12. The Morgan fingerprint density at radius 2 is 1.73 bits per heavy atom. The fourth-order valence-corrected chi connectivity index (χ4v) is 1.79. The zero-order valence-electron chi connectivity index (χ0n) is 10.1. The molecule has 0 heterocycles. The molecule has 0 saturated heterocycles. The van der Waals surface area contributed by atoms with E-state index < -0.39 is 0 Å². The molecule has 1 unspecified atom stereocenters. The highest BCUT2D eigenvalue weighted by molar-refractivity contribution is 5.35. The van der Waals surface area contributed by atoms with Gasteiger partial charge in [0.2, 0.25) is 0 Å². The van der Waals surface area contributed by atoms with Crippen LogP contribution < -0.4 is 5.73 Å². The van der Waals surface area contributed by atoms with Crippen molar-refractivity contribution in [1.82, 2.24) is 0 Å². The minimum absolute atomic E-state index is 0.0198. The quantitative estimate of drug-likeness (QED) is 0.824. The number of benzene rings is 1. The lowest BCUT2D eigenvalue weighted by molar-refractivity contribution is 0.0681. The normalized spacial score (nSPS) is 13.2. The smallest absolute Gasteiger partial charge is 0.0663 e. The molecule has 0 aliphatic heterocycles. The summed E-state index contributed by atoms with van der Waals surface area (Å²) in [6, 6.07) is 6.23. The Balaban J connectivity index is 2.77. The summed E-state index contributed by atoms with van der Waals surface area (Å²) in [5.74, 6) is 0. The Morgan fingerprint density at radius 3 is 2.20 bits per heavy atom. The average molecular weight is 207 g/mol. The third-order valence-corrected chi connectivity index (χ3v) is 2.52. The Bertz CT molecular complexity index is 300. The van der Waals surface area contributed by atoms with Crippen LogP contribution in [0.3, 0.4) is 0 Å². The molecule has 0 radical (unpaired) electrons. The van der Waals surface area contributed by atoms with E-state index in [1.54, 1.807) is 0 Å². The first kappa shape index (κ1) is 12.2. The van der Waals surface area contributed by atoms with Crippen molar-refractivity contribution >= 4 is 0 Å². The van der Waals surface area contributed by atoms with Gasteiger partial charge in [0, 0.05) is 0 Å². The van der Waals surface area contributed by atoms with Crippen molar-refractivity contribution in [2.24, 2.45) is 5.73 Å². The van der Waals surface area contributed by atoms with Crippen molar-refractivity contribution in [2.75, 3.05) is 6.61 Å². The molecule has 84 valence electrons. The Kier molecular flexibility index (Phi) is 4.30. The summed E-state index contributed by atoms with van der Waals surface area (Å²) in [6.45, 7) is 8.83. The highest BCUT2D eigenvalue weighted by Gasteiger charge is 2.12. The first-order valence-electron chi connectivity index (χ1n) is 5.45. The van der Waals surface area contributed by atoms with E-state index in [1.807, 2.05) is 13.8 Å². The number of hydrogen-bond acceptors (Lipinski definition) is 2. The highest BCUT2D eigenvalue weighted by atomic mass is 16.5. The van der Waals surface area contributed by atoms with Crippen LogP contribution in [0.25, 0.3) is 0 Å². The van der Waals surface area contributed by atoms with Gasteiger partial charge in [-0.2, -0.15) is 0 Å². The molecule has 15 heavy (non-hydrogen) atoms. The zero-order chi connectivity index (χ0) is 11.4. The molecule has 1 aromatic rings. The topological polar surface area (TPSA) is 35.2 Å². The molecule has 2 N–H and O–H groups in total. The minimum Gasteiger partial charge on any atom is -0.377 e. The van der Waals surface area contributed by atoms with Crippen LogP contribution in [-0.4, -0.2) is 12.7 Å². The van der Waals surface area contributed by atoms with Crippen molar-refractivity contribution in [3.8, 4) is 0 Å². The predicted octanol–water partition coefficient (Wildman–Crippen LogP) is 2.73. The molecule has 0 amide bonds. The van der Waals surface area contributed by atoms with Crippen LogP contribution in [0.4, 0.5) is 0 Å². The van der Waals surface area contributed by atoms with Crippen LogP contribution in [0, 0.1) is 13.8 Å². The second-order valence-corrected chi connectivity index (χ2v) is 4.29. The standard InChI is InChI=1S/C13H21NO/c1-9(2)15-8-12(14)13-10(3)6-5-7-11(13)4/h5-7,9,12H,8,14H2,1-4H3. The molecule has 0 spiro atoms. The van der Waals surface area contributed by atoms with Crippen molar-refractivity contribution in [3.63, 3.8) is 0 Å².